The van der Waals surface area contributed by atoms with E-state index in [4.69, 9.17) is 9.47 Å². The van der Waals surface area contributed by atoms with Gasteiger partial charge in [-0.2, -0.15) is 0 Å². The topological polar surface area (TPSA) is 154 Å². The predicted molar refractivity (Wildman–Crippen MR) is 110 cm³/mol. The maximum atomic E-state index is 13.0. The number of aryl methyl sites for hydroxylation is 1. The van der Waals surface area contributed by atoms with Gasteiger partial charge in [0.05, 0.1) is 18.8 Å². The number of carbonyl (C=O) groups excluding carboxylic acids is 2. The molecule has 0 bridgehead atoms. The number of esters is 1. The third kappa shape index (κ3) is 5.00. The van der Waals surface area contributed by atoms with Crippen LogP contribution in [0, 0.1) is 6.92 Å². The fraction of sp³-hybridized carbons (Fsp3) is 0.364. The summed E-state index contributed by atoms with van der Waals surface area (Å²) in [7, 11) is 0. The molecule has 0 aliphatic rings. The van der Waals surface area contributed by atoms with Crippen LogP contribution in [0.1, 0.15) is 57.7 Å². The summed E-state index contributed by atoms with van der Waals surface area (Å²) in [6.45, 7) is 5.09. The monoisotopic (exact) mass is 434 g/mol. The smallest absolute Gasteiger partial charge is 0.339 e. The van der Waals surface area contributed by atoms with E-state index in [0.29, 0.717) is 5.56 Å². The van der Waals surface area contributed by atoms with Gasteiger partial charge in [0.2, 0.25) is 11.5 Å². The van der Waals surface area contributed by atoms with E-state index in [9.17, 15) is 35.1 Å². The van der Waals surface area contributed by atoms with Crippen molar-refractivity contribution in [3.05, 3.63) is 39.9 Å². The lowest BCUT2D eigenvalue weighted by Gasteiger charge is -2.17. The molecule has 0 radical (unpaired) electrons. The number of phenols is 5. The maximum Gasteiger partial charge on any atom is 0.339 e. The minimum Gasteiger partial charge on any atom is -0.508 e. The van der Waals surface area contributed by atoms with Crippen LogP contribution in [0.25, 0.3) is 0 Å². The van der Waals surface area contributed by atoms with Gasteiger partial charge in [-0.15, -0.1) is 0 Å². The first-order valence-corrected chi connectivity index (χ1v) is 9.73. The highest BCUT2D eigenvalue weighted by Crippen LogP contribution is 2.47. The number of ketones is 1. The zero-order valence-corrected chi connectivity index (χ0v) is 17.6. The molecule has 0 amide bonds. The first-order chi connectivity index (χ1) is 14.6. The Kier molecular flexibility index (Phi) is 7.71. The lowest BCUT2D eigenvalue weighted by molar-refractivity contribution is 0.0522. The number of aromatic hydroxyl groups is 5. The molecule has 9 heteroatoms. The van der Waals surface area contributed by atoms with Crippen LogP contribution in [0.5, 0.6) is 28.7 Å². The number of hydrogen-bond donors (Lipinski definition) is 5. The van der Waals surface area contributed by atoms with Gasteiger partial charge in [0.25, 0.3) is 0 Å². The molecule has 0 fully saturated rings. The van der Waals surface area contributed by atoms with Gasteiger partial charge in [-0.3, -0.25) is 4.79 Å². The highest BCUT2D eigenvalue weighted by Gasteiger charge is 2.26. The number of phenolic OH excluding ortho intramolecular Hbond substituents is 5. The van der Waals surface area contributed by atoms with Gasteiger partial charge in [0.15, 0.2) is 17.3 Å². The number of rotatable bonds is 9. The molecule has 0 aliphatic carbocycles. The molecule has 0 saturated carbocycles. The van der Waals surface area contributed by atoms with Gasteiger partial charge in [-0.1, -0.05) is 0 Å². The summed E-state index contributed by atoms with van der Waals surface area (Å²) in [5.74, 6) is -4.55. The van der Waals surface area contributed by atoms with Crippen molar-refractivity contribution in [1.82, 2.24) is 0 Å². The quantitative estimate of drug-likeness (QED) is 0.173. The largest absolute Gasteiger partial charge is 0.508 e. The summed E-state index contributed by atoms with van der Waals surface area (Å²) in [5, 5.41) is 49.9. The Morgan fingerprint density at radius 3 is 2.06 bits per heavy atom. The van der Waals surface area contributed by atoms with Crippen molar-refractivity contribution < 1.29 is 44.6 Å². The van der Waals surface area contributed by atoms with Crippen LogP contribution in [0.3, 0.4) is 0 Å². The normalized spacial score (nSPS) is 10.8. The molecule has 168 valence electrons. The number of Topliss-reactive ketones (excluding diaryl/α,β-unsaturated/α-hetero) is 1. The van der Waals surface area contributed by atoms with E-state index >= 15 is 0 Å². The Morgan fingerprint density at radius 2 is 1.48 bits per heavy atom. The lowest BCUT2D eigenvalue weighted by Crippen LogP contribution is -2.14. The summed E-state index contributed by atoms with van der Waals surface area (Å²) in [4.78, 5) is 25.2. The van der Waals surface area contributed by atoms with Crippen molar-refractivity contribution in [3.63, 3.8) is 0 Å². The highest BCUT2D eigenvalue weighted by atomic mass is 16.5. The van der Waals surface area contributed by atoms with Gasteiger partial charge in [0.1, 0.15) is 5.75 Å². The Morgan fingerprint density at radius 1 is 0.871 bits per heavy atom. The molecule has 0 spiro atoms. The first-order valence-electron chi connectivity index (χ1n) is 9.73. The maximum absolute atomic E-state index is 13.0. The van der Waals surface area contributed by atoms with E-state index in [-0.39, 0.29) is 60.7 Å². The SMILES string of the molecule is CCOCc1c(O)c(O)c(O)c(O)c1CCC(=O)c1c(C)cc(O)cc1C(=O)OCC. The summed E-state index contributed by atoms with van der Waals surface area (Å²) >= 11 is 0. The second-order valence-electron chi connectivity index (χ2n) is 6.82. The summed E-state index contributed by atoms with van der Waals surface area (Å²) in [6.07, 6.45) is -0.342. The van der Waals surface area contributed by atoms with Crippen molar-refractivity contribution in [3.8, 4) is 28.7 Å². The molecule has 0 unspecified atom stereocenters. The molecule has 9 nitrogen and oxygen atoms in total. The number of benzene rings is 2. The zero-order chi connectivity index (χ0) is 23.3. The van der Waals surface area contributed by atoms with E-state index in [1.807, 2.05) is 0 Å². The number of ether oxygens (including phenoxy) is 2. The molecule has 31 heavy (non-hydrogen) atoms. The van der Waals surface area contributed by atoms with Crippen LogP contribution >= 0.6 is 0 Å². The first kappa shape index (κ1) is 23.8. The second-order valence-corrected chi connectivity index (χ2v) is 6.82. The van der Waals surface area contributed by atoms with Gasteiger partial charge < -0.3 is 35.0 Å². The Labute approximate surface area is 179 Å². The highest BCUT2D eigenvalue weighted by molar-refractivity contribution is 6.07. The van der Waals surface area contributed by atoms with E-state index in [0.717, 1.165) is 6.07 Å². The van der Waals surface area contributed by atoms with Crippen LogP contribution < -0.4 is 0 Å². The Hall–Kier alpha value is -3.46. The van der Waals surface area contributed by atoms with Gasteiger partial charge in [-0.05, 0) is 44.9 Å². The van der Waals surface area contributed by atoms with E-state index in [1.54, 1.807) is 20.8 Å². The molecule has 2 rings (SSSR count). The lowest BCUT2D eigenvalue weighted by atomic mass is 9.92. The van der Waals surface area contributed by atoms with E-state index in [1.165, 1.54) is 6.07 Å². The summed E-state index contributed by atoms with van der Waals surface area (Å²) in [5.41, 5.74) is 0.413. The van der Waals surface area contributed by atoms with Gasteiger partial charge >= 0.3 is 5.97 Å². The number of hydrogen-bond acceptors (Lipinski definition) is 9. The summed E-state index contributed by atoms with van der Waals surface area (Å²) in [6, 6.07) is 2.49. The second kappa shape index (κ2) is 10.0. The molecule has 2 aromatic carbocycles. The van der Waals surface area contributed by atoms with Crippen LogP contribution in [0.15, 0.2) is 12.1 Å². The third-order valence-corrected chi connectivity index (χ3v) is 4.76. The van der Waals surface area contributed by atoms with Crippen LogP contribution in [0.4, 0.5) is 0 Å². The molecule has 0 heterocycles. The van der Waals surface area contributed by atoms with Crippen molar-refractivity contribution in [2.45, 2.75) is 40.2 Å². The molecule has 2 aromatic rings. The number of carbonyl (C=O) groups is 2. The molecule has 5 N–H and O–H groups in total. The predicted octanol–water partition coefficient (Wildman–Crippen LogP) is 3.05. The van der Waals surface area contributed by atoms with E-state index < -0.39 is 34.8 Å². The minimum absolute atomic E-state index is 0.0312. The van der Waals surface area contributed by atoms with Crippen molar-refractivity contribution in [1.29, 1.82) is 0 Å². The fourth-order valence-corrected chi connectivity index (χ4v) is 3.30. The average molecular weight is 434 g/mol. The van der Waals surface area contributed by atoms with Crippen molar-refractivity contribution in [2.24, 2.45) is 0 Å². The van der Waals surface area contributed by atoms with Gasteiger partial charge in [-0.25, -0.2) is 4.79 Å². The average Bonchev–Trinajstić information content (AvgIpc) is 2.72. The summed E-state index contributed by atoms with van der Waals surface area (Å²) < 4.78 is 10.2. The molecular formula is C22H26O9. The third-order valence-electron chi connectivity index (χ3n) is 4.76. The fourth-order valence-electron chi connectivity index (χ4n) is 3.30. The van der Waals surface area contributed by atoms with Crippen molar-refractivity contribution in [2.75, 3.05) is 13.2 Å². The molecular weight excluding hydrogens is 408 g/mol. The van der Waals surface area contributed by atoms with Crippen molar-refractivity contribution >= 4 is 11.8 Å². The van der Waals surface area contributed by atoms with Crippen LogP contribution in [-0.2, 0) is 22.5 Å². The Balaban J connectivity index is 2.43. The standard InChI is InChI=1S/C22H26O9/c1-4-30-10-15-13(18(25)20(27)21(28)19(15)26)6-7-16(24)17-11(3)8-12(23)9-14(17)22(29)31-5-2/h8-9,23,25-28H,4-7,10H2,1-3H3. The molecule has 0 aliphatic heterocycles. The van der Waals surface area contributed by atoms with Gasteiger partial charge in [0, 0.05) is 29.7 Å². The molecule has 0 atom stereocenters. The van der Waals surface area contributed by atoms with E-state index in [2.05, 4.69) is 0 Å². The molecule has 0 saturated heterocycles. The van der Waals surface area contributed by atoms with Crippen LogP contribution in [0.2, 0.25) is 0 Å². The molecule has 0 aromatic heterocycles. The Bertz CT molecular complexity index is 995. The van der Waals surface area contributed by atoms with Crippen LogP contribution in [-0.4, -0.2) is 50.5 Å². The minimum atomic E-state index is -0.909. The zero-order valence-electron chi connectivity index (χ0n) is 17.6.